The summed E-state index contributed by atoms with van der Waals surface area (Å²) in [6.45, 7) is 1.08. The van der Waals surface area contributed by atoms with Crippen LogP contribution in [0.4, 0.5) is 5.69 Å². The van der Waals surface area contributed by atoms with Gasteiger partial charge in [-0.25, -0.2) is 4.68 Å². The van der Waals surface area contributed by atoms with Gasteiger partial charge in [0, 0.05) is 37.2 Å². The Morgan fingerprint density at radius 3 is 2.71 bits per heavy atom. The first-order chi connectivity index (χ1) is 16.7. The first-order valence-electron chi connectivity index (χ1n) is 10.5. The van der Waals surface area contributed by atoms with Crippen molar-refractivity contribution in [1.29, 1.82) is 0 Å². The lowest BCUT2D eigenvalue weighted by Crippen LogP contribution is -2.74. The molecule has 0 saturated carbocycles. The Kier molecular flexibility index (Phi) is 7.00. The third-order valence-corrected chi connectivity index (χ3v) is 8.74. The van der Waals surface area contributed by atoms with E-state index in [0.717, 1.165) is 22.0 Å². The standard InChI is InChI=1S/C20H23N7O6S2/c1-11(28)27(13-5-3-2-4-12(13)6-21)15-16(31)25-8-20(18(32)33,9-34-17(15)25)10-35-19-22-23-24-26(19)7-14(29)30/h2-5,15,17H,6-10,21H2,1H3,(H,29,30)(H,32,33)/t15?,17-,20?/m1/s1. The van der Waals surface area contributed by atoms with Gasteiger partial charge in [0.2, 0.25) is 17.0 Å². The number of aliphatic carboxylic acids is 2. The molecule has 2 aliphatic heterocycles. The molecule has 1 aromatic carbocycles. The number of fused-ring (bicyclic) bond motifs is 1. The van der Waals surface area contributed by atoms with Gasteiger partial charge in [-0.05, 0) is 22.1 Å². The Labute approximate surface area is 208 Å². The third-order valence-electron chi connectivity index (χ3n) is 5.92. The molecule has 35 heavy (non-hydrogen) atoms. The lowest BCUT2D eigenvalue weighted by molar-refractivity contribution is -0.156. The first-order valence-corrected chi connectivity index (χ1v) is 12.6. The van der Waals surface area contributed by atoms with Crippen molar-refractivity contribution >= 4 is 53.0 Å². The monoisotopic (exact) mass is 521 g/mol. The largest absolute Gasteiger partial charge is 0.481 e. The zero-order valence-corrected chi connectivity index (χ0v) is 20.2. The first kappa shape index (κ1) is 24.9. The fourth-order valence-corrected chi connectivity index (χ4v) is 6.93. The maximum absolute atomic E-state index is 13.2. The molecule has 2 amide bonds. The van der Waals surface area contributed by atoms with Gasteiger partial charge in [-0.2, -0.15) is 0 Å². The number of thioether (sulfide) groups is 2. The molecule has 0 radical (unpaired) electrons. The summed E-state index contributed by atoms with van der Waals surface area (Å²) in [4.78, 5) is 52.0. The van der Waals surface area contributed by atoms with E-state index in [0.29, 0.717) is 5.69 Å². The van der Waals surface area contributed by atoms with Crippen LogP contribution in [-0.2, 0) is 32.3 Å². The molecule has 2 aromatic rings. The van der Waals surface area contributed by atoms with Crippen molar-refractivity contribution in [2.24, 2.45) is 11.1 Å². The summed E-state index contributed by atoms with van der Waals surface area (Å²) in [6, 6.07) is 6.36. The van der Waals surface area contributed by atoms with Crippen LogP contribution in [-0.4, -0.2) is 88.5 Å². The second-order valence-corrected chi connectivity index (χ2v) is 10.3. The predicted octanol–water partition coefficient (Wildman–Crippen LogP) is -0.284. The van der Waals surface area contributed by atoms with Crippen LogP contribution in [0.5, 0.6) is 0 Å². The molecule has 3 heterocycles. The number of para-hydroxylation sites is 1. The van der Waals surface area contributed by atoms with E-state index < -0.39 is 35.3 Å². The molecule has 0 spiro atoms. The van der Waals surface area contributed by atoms with Crippen LogP contribution >= 0.6 is 23.5 Å². The third kappa shape index (κ3) is 4.58. The topological polar surface area (TPSA) is 185 Å². The number of anilines is 1. The number of carboxylic acid groups (broad SMARTS) is 2. The smallest absolute Gasteiger partial charge is 0.325 e. The van der Waals surface area contributed by atoms with E-state index in [9.17, 15) is 24.3 Å². The minimum atomic E-state index is -1.30. The average Bonchev–Trinajstić information content (AvgIpc) is 3.26. The van der Waals surface area contributed by atoms with Crippen molar-refractivity contribution in [1.82, 2.24) is 25.1 Å². The van der Waals surface area contributed by atoms with Crippen molar-refractivity contribution in [3.05, 3.63) is 29.8 Å². The second-order valence-electron chi connectivity index (χ2n) is 8.22. The van der Waals surface area contributed by atoms with Gasteiger partial charge in [-0.15, -0.1) is 16.9 Å². The minimum absolute atomic E-state index is 0.0307. The fourth-order valence-electron chi connectivity index (χ4n) is 4.15. The van der Waals surface area contributed by atoms with Crippen LogP contribution in [0.3, 0.4) is 0 Å². The number of rotatable bonds is 9. The van der Waals surface area contributed by atoms with E-state index in [1.807, 2.05) is 0 Å². The van der Waals surface area contributed by atoms with Crippen LogP contribution < -0.4 is 10.6 Å². The molecule has 3 atom stereocenters. The highest BCUT2D eigenvalue weighted by atomic mass is 32.2. The molecule has 4 rings (SSSR count). The van der Waals surface area contributed by atoms with Gasteiger partial charge in [-0.3, -0.25) is 24.1 Å². The Morgan fingerprint density at radius 1 is 1.31 bits per heavy atom. The maximum Gasteiger partial charge on any atom is 0.325 e. The summed E-state index contributed by atoms with van der Waals surface area (Å²) >= 11 is 2.32. The highest BCUT2D eigenvalue weighted by Gasteiger charge is 2.59. The molecule has 2 fully saturated rings. The van der Waals surface area contributed by atoms with E-state index in [1.165, 1.54) is 28.5 Å². The molecule has 2 unspecified atom stereocenters. The van der Waals surface area contributed by atoms with Crippen LogP contribution in [0.2, 0.25) is 0 Å². The number of carboxylic acids is 2. The number of tetrazole rings is 1. The van der Waals surface area contributed by atoms with E-state index in [2.05, 4.69) is 15.5 Å². The highest BCUT2D eigenvalue weighted by Crippen LogP contribution is 2.46. The van der Waals surface area contributed by atoms with Gasteiger partial charge in [0.25, 0.3) is 0 Å². The molecular weight excluding hydrogens is 498 g/mol. The van der Waals surface area contributed by atoms with Gasteiger partial charge in [-0.1, -0.05) is 30.0 Å². The van der Waals surface area contributed by atoms with Crippen molar-refractivity contribution in [2.75, 3.05) is 23.0 Å². The zero-order valence-electron chi connectivity index (χ0n) is 18.6. The number of nitrogens with two attached hydrogens (primary N) is 1. The zero-order chi connectivity index (χ0) is 25.3. The van der Waals surface area contributed by atoms with E-state index >= 15 is 0 Å². The Bertz CT molecular complexity index is 1180. The number of hydrogen-bond donors (Lipinski definition) is 3. The summed E-state index contributed by atoms with van der Waals surface area (Å²) in [5.74, 6) is -2.64. The van der Waals surface area contributed by atoms with E-state index in [-0.39, 0.29) is 41.6 Å². The quantitative estimate of drug-likeness (QED) is 0.290. The van der Waals surface area contributed by atoms with E-state index in [4.69, 9.17) is 10.8 Å². The van der Waals surface area contributed by atoms with Gasteiger partial charge >= 0.3 is 11.9 Å². The molecule has 2 saturated heterocycles. The fraction of sp³-hybridized carbons (Fsp3) is 0.450. The molecule has 1 aromatic heterocycles. The number of amides is 2. The van der Waals surface area contributed by atoms with Crippen molar-refractivity contribution < 1.29 is 29.4 Å². The van der Waals surface area contributed by atoms with Crippen LogP contribution in [0.25, 0.3) is 0 Å². The molecule has 2 aliphatic rings. The maximum atomic E-state index is 13.2. The van der Waals surface area contributed by atoms with Crippen LogP contribution in [0.15, 0.2) is 29.4 Å². The van der Waals surface area contributed by atoms with Crippen LogP contribution in [0.1, 0.15) is 12.5 Å². The summed E-state index contributed by atoms with van der Waals surface area (Å²) in [6.07, 6.45) is 0. The van der Waals surface area contributed by atoms with Gasteiger partial charge in [0.05, 0.1) is 0 Å². The molecule has 186 valence electrons. The summed E-state index contributed by atoms with van der Waals surface area (Å²) in [5, 5.41) is 29.7. The van der Waals surface area contributed by atoms with Crippen molar-refractivity contribution in [2.45, 2.75) is 36.6 Å². The van der Waals surface area contributed by atoms with E-state index in [1.54, 1.807) is 24.3 Å². The van der Waals surface area contributed by atoms with Crippen molar-refractivity contribution in [3.63, 3.8) is 0 Å². The molecule has 0 bridgehead atoms. The summed E-state index contributed by atoms with van der Waals surface area (Å²) in [5.41, 5.74) is 5.83. The number of aromatic nitrogens is 4. The number of β-lactam (4-membered cyclic amide) rings is 1. The number of carbonyl (C=O) groups is 4. The number of carbonyl (C=O) groups excluding carboxylic acids is 2. The lowest BCUT2D eigenvalue weighted by atomic mass is 9.89. The molecule has 0 aliphatic carbocycles. The Morgan fingerprint density at radius 2 is 2.06 bits per heavy atom. The SMILES string of the molecule is CC(=O)N(c1ccccc1CN)C1C(=O)N2CC(CSc3nnnn3CC(=O)O)(C(=O)O)CS[C@H]12. The minimum Gasteiger partial charge on any atom is -0.481 e. The number of benzene rings is 1. The summed E-state index contributed by atoms with van der Waals surface area (Å²) in [7, 11) is 0. The predicted molar refractivity (Wildman–Crippen MR) is 125 cm³/mol. The molecule has 13 nitrogen and oxygen atoms in total. The van der Waals surface area contributed by atoms with Gasteiger partial charge in [0.1, 0.15) is 23.4 Å². The summed E-state index contributed by atoms with van der Waals surface area (Å²) < 4.78 is 1.08. The van der Waals surface area contributed by atoms with Crippen molar-refractivity contribution in [3.8, 4) is 0 Å². The van der Waals surface area contributed by atoms with Gasteiger partial charge in [0.15, 0.2) is 0 Å². The highest BCUT2D eigenvalue weighted by molar-refractivity contribution is 8.00. The average molecular weight is 522 g/mol. The Hall–Kier alpha value is -3.17. The molecular formula is C20H23N7O6S2. The molecule has 4 N–H and O–H groups in total. The lowest BCUT2D eigenvalue weighted by Gasteiger charge is -2.56. The number of nitrogens with zero attached hydrogens (tertiary/aromatic N) is 6. The van der Waals surface area contributed by atoms with Gasteiger partial charge < -0.3 is 20.8 Å². The van der Waals surface area contributed by atoms with Crippen LogP contribution in [0, 0.1) is 5.41 Å². The normalized spacial score (nSPS) is 23.4. The second kappa shape index (κ2) is 9.83. The Balaban J connectivity index is 1.52. The number of hydrogen-bond acceptors (Lipinski definition) is 10. The molecule has 15 heteroatoms.